The minimum atomic E-state index is -0.373. The molecule has 1 aromatic heterocycles. The molecule has 18 heavy (non-hydrogen) atoms. The van der Waals surface area contributed by atoms with Crippen molar-refractivity contribution in [3.8, 4) is 0 Å². The van der Waals surface area contributed by atoms with E-state index >= 15 is 0 Å². The van der Waals surface area contributed by atoms with Gasteiger partial charge in [0.05, 0.1) is 5.69 Å². The monoisotopic (exact) mass is 372 g/mol. The minimum Gasteiger partial charge on any atom is -0.320 e. The van der Waals surface area contributed by atoms with Crippen LogP contribution in [0.4, 0.5) is 10.1 Å². The van der Waals surface area contributed by atoms with Crippen molar-refractivity contribution in [2.45, 2.75) is 0 Å². The van der Waals surface area contributed by atoms with Crippen LogP contribution < -0.4 is 5.32 Å². The molecule has 0 atom stereocenters. The average Bonchev–Trinajstić information content (AvgIpc) is 2.33. The number of rotatable bonds is 2. The highest BCUT2D eigenvalue weighted by atomic mass is 79.9. The second kappa shape index (κ2) is 5.58. The molecule has 92 valence electrons. The second-order valence-electron chi connectivity index (χ2n) is 3.44. The first kappa shape index (κ1) is 13.2. The summed E-state index contributed by atoms with van der Waals surface area (Å²) < 4.78 is 14.2. The lowest BCUT2D eigenvalue weighted by Crippen LogP contribution is -2.13. The number of nitrogens with one attached hydrogen (secondary N) is 1. The van der Waals surface area contributed by atoms with Crippen LogP contribution in [0.3, 0.4) is 0 Å². The number of anilines is 1. The SMILES string of the molecule is O=C(Nc1ccc(F)cc1Br)c1ccc(Br)cn1. The summed E-state index contributed by atoms with van der Waals surface area (Å²) >= 11 is 6.41. The lowest BCUT2D eigenvalue weighted by Gasteiger charge is -2.06. The van der Waals surface area contributed by atoms with Gasteiger partial charge in [0.2, 0.25) is 0 Å². The number of hydrogen-bond acceptors (Lipinski definition) is 2. The molecule has 0 aliphatic rings. The molecule has 0 saturated heterocycles. The summed E-state index contributed by atoms with van der Waals surface area (Å²) in [5, 5.41) is 2.64. The normalized spacial score (nSPS) is 10.2. The largest absolute Gasteiger partial charge is 0.320 e. The zero-order valence-corrected chi connectivity index (χ0v) is 12.1. The summed E-state index contributed by atoms with van der Waals surface area (Å²) in [6, 6.07) is 7.36. The van der Waals surface area contributed by atoms with Crippen molar-refractivity contribution < 1.29 is 9.18 Å². The third-order valence-corrected chi connectivity index (χ3v) is 3.26. The number of benzene rings is 1. The molecule has 1 N–H and O–H groups in total. The third-order valence-electron chi connectivity index (χ3n) is 2.14. The van der Waals surface area contributed by atoms with E-state index in [1.54, 1.807) is 12.1 Å². The van der Waals surface area contributed by atoms with Crippen molar-refractivity contribution in [3.63, 3.8) is 0 Å². The standard InChI is InChI=1S/C12H7Br2FN2O/c13-7-1-3-11(16-6-7)12(18)17-10-4-2-8(15)5-9(10)14/h1-6H,(H,17,18). The first-order chi connectivity index (χ1) is 8.56. The first-order valence-corrected chi connectivity index (χ1v) is 6.53. The van der Waals surface area contributed by atoms with E-state index in [0.717, 1.165) is 4.47 Å². The molecular weight excluding hydrogens is 367 g/mol. The molecule has 1 aromatic carbocycles. The highest BCUT2D eigenvalue weighted by Crippen LogP contribution is 2.23. The number of carbonyl (C=O) groups excluding carboxylic acids is 1. The van der Waals surface area contributed by atoms with Gasteiger partial charge >= 0.3 is 0 Å². The number of nitrogens with zero attached hydrogens (tertiary/aromatic N) is 1. The molecule has 0 radical (unpaired) electrons. The van der Waals surface area contributed by atoms with Gasteiger partial charge in [0.25, 0.3) is 5.91 Å². The summed E-state index contributed by atoms with van der Waals surface area (Å²) in [5.74, 6) is -0.726. The minimum absolute atomic E-state index is 0.287. The Balaban J connectivity index is 2.18. The Morgan fingerprint density at radius 3 is 2.61 bits per heavy atom. The van der Waals surface area contributed by atoms with E-state index < -0.39 is 0 Å². The highest BCUT2D eigenvalue weighted by molar-refractivity contribution is 9.10. The molecule has 0 bridgehead atoms. The fourth-order valence-electron chi connectivity index (χ4n) is 1.29. The Labute approximate surface area is 120 Å². The Bertz CT molecular complexity index is 587. The maximum atomic E-state index is 12.9. The zero-order valence-electron chi connectivity index (χ0n) is 8.95. The van der Waals surface area contributed by atoms with E-state index in [1.165, 1.54) is 24.4 Å². The number of carbonyl (C=O) groups is 1. The summed E-state index contributed by atoms with van der Waals surface area (Å²) in [6.07, 6.45) is 1.54. The number of hydrogen-bond donors (Lipinski definition) is 1. The topological polar surface area (TPSA) is 42.0 Å². The molecular formula is C12H7Br2FN2O. The lowest BCUT2D eigenvalue weighted by molar-refractivity contribution is 0.102. The van der Waals surface area contributed by atoms with E-state index in [2.05, 4.69) is 42.2 Å². The molecule has 2 aromatic rings. The molecule has 0 aliphatic carbocycles. The van der Waals surface area contributed by atoms with Crippen molar-refractivity contribution in [2.75, 3.05) is 5.32 Å². The number of aromatic nitrogens is 1. The number of halogens is 3. The van der Waals surface area contributed by atoms with Crippen molar-refractivity contribution >= 4 is 43.5 Å². The maximum Gasteiger partial charge on any atom is 0.274 e. The van der Waals surface area contributed by atoms with Crippen LogP contribution in [0.2, 0.25) is 0 Å². The van der Waals surface area contributed by atoms with Crippen molar-refractivity contribution in [3.05, 3.63) is 57.0 Å². The van der Waals surface area contributed by atoms with Crippen molar-refractivity contribution in [1.29, 1.82) is 0 Å². The highest BCUT2D eigenvalue weighted by Gasteiger charge is 2.09. The molecule has 6 heteroatoms. The Morgan fingerprint density at radius 1 is 1.22 bits per heavy atom. The Hall–Kier alpha value is -1.27. The van der Waals surface area contributed by atoms with Crippen LogP contribution in [0, 0.1) is 5.82 Å². The van der Waals surface area contributed by atoms with Gasteiger partial charge < -0.3 is 5.32 Å². The van der Waals surface area contributed by atoms with Gasteiger partial charge in [-0.15, -0.1) is 0 Å². The summed E-state index contributed by atoms with van der Waals surface area (Å²) in [5.41, 5.74) is 0.778. The first-order valence-electron chi connectivity index (χ1n) is 4.94. The van der Waals surface area contributed by atoms with Crippen LogP contribution in [0.25, 0.3) is 0 Å². The van der Waals surface area contributed by atoms with Crippen LogP contribution >= 0.6 is 31.9 Å². The predicted octanol–water partition coefficient (Wildman–Crippen LogP) is 4.00. The molecule has 3 nitrogen and oxygen atoms in total. The quantitative estimate of drug-likeness (QED) is 0.864. The van der Waals surface area contributed by atoms with Gasteiger partial charge in [0, 0.05) is 15.1 Å². The Kier molecular flexibility index (Phi) is 4.08. The predicted molar refractivity (Wildman–Crippen MR) is 74.0 cm³/mol. The van der Waals surface area contributed by atoms with Gasteiger partial charge in [0.1, 0.15) is 11.5 Å². The lowest BCUT2D eigenvalue weighted by atomic mass is 10.3. The smallest absolute Gasteiger partial charge is 0.274 e. The van der Waals surface area contributed by atoms with Crippen LogP contribution in [-0.4, -0.2) is 10.9 Å². The molecule has 1 heterocycles. The van der Waals surface area contributed by atoms with Crippen LogP contribution in [0.15, 0.2) is 45.5 Å². The van der Waals surface area contributed by atoms with Gasteiger partial charge in [-0.2, -0.15) is 0 Å². The fourth-order valence-corrected chi connectivity index (χ4v) is 1.97. The van der Waals surface area contributed by atoms with E-state index in [-0.39, 0.29) is 17.4 Å². The van der Waals surface area contributed by atoms with Crippen LogP contribution in [0.5, 0.6) is 0 Å². The fraction of sp³-hybridized carbons (Fsp3) is 0. The summed E-state index contributed by atoms with van der Waals surface area (Å²) in [6.45, 7) is 0. The van der Waals surface area contributed by atoms with Crippen molar-refractivity contribution in [1.82, 2.24) is 4.98 Å². The summed E-state index contributed by atoms with van der Waals surface area (Å²) in [7, 11) is 0. The molecule has 0 unspecified atom stereocenters. The van der Waals surface area contributed by atoms with Crippen LogP contribution in [-0.2, 0) is 0 Å². The third kappa shape index (κ3) is 3.14. The molecule has 0 aliphatic heterocycles. The van der Waals surface area contributed by atoms with Gasteiger partial charge in [0.15, 0.2) is 0 Å². The Morgan fingerprint density at radius 2 is 2.00 bits per heavy atom. The van der Waals surface area contributed by atoms with Gasteiger partial charge in [-0.05, 0) is 62.2 Å². The van der Waals surface area contributed by atoms with Crippen LogP contribution in [0.1, 0.15) is 10.5 Å². The van der Waals surface area contributed by atoms with E-state index in [9.17, 15) is 9.18 Å². The van der Waals surface area contributed by atoms with Gasteiger partial charge in [-0.3, -0.25) is 4.79 Å². The molecule has 0 fully saturated rings. The van der Waals surface area contributed by atoms with E-state index in [4.69, 9.17) is 0 Å². The average molecular weight is 374 g/mol. The molecule has 1 amide bonds. The molecule has 0 spiro atoms. The second-order valence-corrected chi connectivity index (χ2v) is 5.21. The molecule has 2 rings (SSSR count). The van der Waals surface area contributed by atoms with E-state index in [0.29, 0.717) is 10.2 Å². The summed E-state index contributed by atoms with van der Waals surface area (Å²) in [4.78, 5) is 15.8. The van der Waals surface area contributed by atoms with Gasteiger partial charge in [-0.1, -0.05) is 0 Å². The van der Waals surface area contributed by atoms with E-state index in [1.807, 2.05) is 0 Å². The molecule has 0 saturated carbocycles. The van der Waals surface area contributed by atoms with Crippen molar-refractivity contribution in [2.24, 2.45) is 0 Å². The maximum absolute atomic E-state index is 12.9. The van der Waals surface area contributed by atoms with Gasteiger partial charge in [-0.25, -0.2) is 9.37 Å². The number of pyridine rings is 1. The zero-order chi connectivity index (χ0) is 13.1. The number of amides is 1.